The predicted octanol–water partition coefficient (Wildman–Crippen LogP) is 5.75. The average Bonchev–Trinajstić information content (AvgIpc) is 3.80. The summed E-state index contributed by atoms with van der Waals surface area (Å²) in [7, 11) is 0. The maximum absolute atomic E-state index is 17.1. The van der Waals surface area contributed by atoms with Gasteiger partial charge in [-0.15, -0.1) is 6.42 Å². The molecule has 3 aromatic heterocycles. The molecule has 0 saturated carbocycles. The zero-order valence-electron chi connectivity index (χ0n) is 29.4. The fraction of sp³-hybridized carbons (Fsp3) is 0.350. The number of nitrogens with zero attached hydrogens (tertiary/aromatic N) is 8. The van der Waals surface area contributed by atoms with Crippen LogP contribution in [0, 0.1) is 24.0 Å². The highest BCUT2D eigenvalue weighted by atomic mass is 19.1. The van der Waals surface area contributed by atoms with Crippen LogP contribution in [0.4, 0.5) is 23.4 Å². The Morgan fingerprint density at radius 2 is 1.91 bits per heavy atom. The Labute approximate surface area is 312 Å². The summed E-state index contributed by atoms with van der Waals surface area (Å²) < 4.78 is 68.2. The number of aromatic hydroxyl groups is 1. The van der Waals surface area contributed by atoms with Crippen LogP contribution < -0.4 is 9.64 Å². The molecule has 4 fully saturated rings. The lowest BCUT2D eigenvalue weighted by Crippen LogP contribution is -2.56. The van der Waals surface area contributed by atoms with Crippen LogP contribution in [-0.2, 0) is 4.79 Å². The highest BCUT2D eigenvalue weighted by Crippen LogP contribution is 2.43. The molecule has 1 amide bonds. The summed E-state index contributed by atoms with van der Waals surface area (Å²) in [5.74, 6) is -0.856. The van der Waals surface area contributed by atoms with E-state index in [1.165, 1.54) is 49.1 Å². The van der Waals surface area contributed by atoms with Crippen LogP contribution >= 0.6 is 0 Å². The fourth-order valence-corrected chi connectivity index (χ4v) is 9.02. The number of alkyl halides is 1. The van der Waals surface area contributed by atoms with Gasteiger partial charge in [0.05, 0.1) is 40.5 Å². The molecule has 2 aromatic carbocycles. The van der Waals surface area contributed by atoms with Crippen LogP contribution in [0.25, 0.3) is 39.0 Å². The molecule has 280 valence electrons. The van der Waals surface area contributed by atoms with E-state index in [9.17, 15) is 18.7 Å². The maximum Gasteiger partial charge on any atom is 0.319 e. The Morgan fingerprint density at radius 3 is 2.67 bits per heavy atom. The zero-order chi connectivity index (χ0) is 38.0. The number of hydrogen-bond donors (Lipinski definition) is 1. The molecule has 0 aliphatic carbocycles. The Kier molecular flexibility index (Phi) is 8.53. The molecule has 0 radical (unpaired) electrons. The number of aromatic nitrogens is 5. The number of benzene rings is 2. The van der Waals surface area contributed by atoms with Crippen molar-refractivity contribution >= 4 is 39.5 Å². The SMILES string of the molecule is C#Cc1c(F)ccc2cc(O)cc(-c3ncc4c(N5CC6CCC(C5)N6C(=O)/C(F)=C/c5cnccn5)nc(OC[C@@]56CCCN5C[C@H](F)C6)nc4c3F)c12. The third-order valence-corrected chi connectivity index (χ3v) is 11.4. The first-order valence-corrected chi connectivity index (χ1v) is 18.1. The summed E-state index contributed by atoms with van der Waals surface area (Å²) in [6.07, 6.45) is 14.5. The molecule has 4 atom stereocenters. The number of pyridine rings is 1. The van der Waals surface area contributed by atoms with Gasteiger partial charge in [0.25, 0.3) is 5.91 Å². The van der Waals surface area contributed by atoms with E-state index in [0.717, 1.165) is 25.5 Å². The van der Waals surface area contributed by atoms with E-state index in [4.69, 9.17) is 16.1 Å². The first-order chi connectivity index (χ1) is 26.6. The summed E-state index contributed by atoms with van der Waals surface area (Å²) in [6.45, 7) is 1.65. The molecule has 0 spiro atoms. The van der Waals surface area contributed by atoms with Crippen molar-refractivity contribution in [2.24, 2.45) is 0 Å². The van der Waals surface area contributed by atoms with Crippen LogP contribution in [0.2, 0.25) is 0 Å². The second-order valence-electron chi connectivity index (χ2n) is 14.7. The molecular formula is C40H34F4N8O3. The van der Waals surface area contributed by atoms with Crippen molar-refractivity contribution in [3.05, 3.63) is 77.8 Å². The van der Waals surface area contributed by atoms with Crippen molar-refractivity contribution in [3.63, 3.8) is 0 Å². The third-order valence-electron chi connectivity index (χ3n) is 11.4. The molecule has 55 heavy (non-hydrogen) atoms. The second kappa shape index (κ2) is 13.5. The third kappa shape index (κ3) is 5.95. The lowest BCUT2D eigenvalue weighted by atomic mass is 9.95. The molecule has 2 bridgehead atoms. The number of halogens is 4. The molecule has 4 aliphatic rings. The van der Waals surface area contributed by atoms with E-state index in [0.29, 0.717) is 37.0 Å². The number of phenols is 1. The van der Waals surface area contributed by atoms with Crippen LogP contribution in [0.15, 0.2) is 54.9 Å². The smallest absolute Gasteiger partial charge is 0.319 e. The minimum Gasteiger partial charge on any atom is -0.508 e. The van der Waals surface area contributed by atoms with Crippen molar-refractivity contribution in [2.45, 2.75) is 55.9 Å². The quantitative estimate of drug-likeness (QED) is 0.125. The number of piperazine rings is 1. The number of amides is 1. The lowest BCUT2D eigenvalue weighted by Gasteiger charge is -2.41. The topological polar surface area (TPSA) is 121 Å². The Morgan fingerprint density at radius 1 is 1.09 bits per heavy atom. The largest absolute Gasteiger partial charge is 0.508 e. The van der Waals surface area contributed by atoms with Crippen molar-refractivity contribution in [1.82, 2.24) is 34.7 Å². The van der Waals surface area contributed by atoms with Crippen molar-refractivity contribution < 1.29 is 32.2 Å². The number of phenolic OH excluding ortho intramolecular Hbond substituents is 1. The summed E-state index contributed by atoms with van der Waals surface area (Å²) in [5.41, 5.74) is -0.762. The van der Waals surface area contributed by atoms with E-state index >= 15 is 8.78 Å². The summed E-state index contributed by atoms with van der Waals surface area (Å²) >= 11 is 0. The van der Waals surface area contributed by atoms with Gasteiger partial charge in [-0.25, -0.2) is 17.6 Å². The molecule has 11 nitrogen and oxygen atoms in total. The van der Waals surface area contributed by atoms with Gasteiger partial charge in [-0.1, -0.05) is 12.0 Å². The summed E-state index contributed by atoms with van der Waals surface area (Å²) in [4.78, 5) is 40.7. The van der Waals surface area contributed by atoms with E-state index in [1.54, 1.807) is 4.90 Å². The minimum absolute atomic E-state index is 0.0617. The Bertz CT molecular complexity index is 2430. The van der Waals surface area contributed by atoms with Gasteiger partial charge in [-0.2, -0.15) is 9.97 Å². The van der Waals surface area contributed by atoms with Gasteiger partial charge in [0.15, 0.2) is 11.6 Å². The van der Waals surface area contributed by atoms with E-state index in [-0.39, 0.29) is 82.3 Å². The van der Waals surface area contributed by atoms with Gasteiger partial charge in [0, 0.05) is 61.7 Å². The molecule has 2 unspecified atom stereocenters. The van der Waals surface area contributed by atoms with Crippen LogP contribution in [0.5, 0.6) is 11.8 Å². The average molecular weight is 751 g/mol. The number of fused-ring (bicyclic) bond motifs is 5. The van der Waals surface area contributed by atoms with E-state index in [2.05, 4.69) is 30.8 Å². The Hall–Kier alpha value is -5.88. The lowest BCUT2D eigenvalue weighted by molar-refractivity contribution is -0.131. The molecule has 7 heterocycles. The second-order valence-corrected chi connectivity index (χ2v) is 14.7. The molecule has 1 N–H and O–H groups in total. The number of hydrogen-bond acceptors (Lipinski definition) is 10. The van der Waals surface area contributed by atoms with E-state index < -0.39 is 35.1 Å². The molecule has 15 heteroatoms. The monoisotopic (exact) mass is 750 g/mol. The van der Waals surface area contributed by atoms with Crippen molar-refractivity contribution in [3.8, 4) is 35.4 Å². The molecular weight excluding hydrogens is 716 g/mol. The molecule has 9 rings (SSSR count). The highest BCUT2D eigenvalue weighted by molar-refractivity contribution is 6.03. The first kappa shape index (κ1) is 34.9. The zero-order valence-corrected chi connectivity index (χ0v) is 29.4. The molecule has 4 saturated heterocycles. The van der Waals surface area contributed by atoms with Gasteiger partial charge < -0.3 is 19.6 Å². The summed E-state index contributed by atoms with van der Waals surface area (Å²) in [5, 5.41) is 11.4. The number of carbonyl (C=O) groups is 1. The number of terminal acetylenes is 1. The standard InChI is InChI=1S/C40H34F4N8O3/c1-2-28-31(42)7-4-22-12-27(53)14-29(33(22)28)35-34(44)36-30(17-47-35)37(49-39(48-36)55-21-40-8-3-11-51(40)18-23(41)15-40)50-19-25-5-6-26(20-50)52(25)38(54)32(43)13-24-16-45-9-10-46-24/h1,4,7,9-10,12-14,16-17,23,25-26,53H,3,5-6,8,11,15,18-21H2/b32-13-/t23-,25?,26?,40+/m1/s1. The number of carbonyl (C=O) groups excluding carboxylic acids is 1. The van der Waals surface area contributed by atoms with Crippen molar-refractivity contribution in [1.29, 1.82) is 0 Å². The Balaban J connectivity index is 1.12. The number of ether oxygens (including phenoxy) is 1. The minimum atomic E-state index is -0.993. The van der Waals surface area contributed by atoms with Crippen LogP contribution in [0.1, 0.15) is 43.4 Å². The number of rotatable bonds is 7. The van der Waals surface area contributed by atoms with Crippen LogP contribution in [-0.4, -0.2) is 102 Å². The van der Waals surface area contributed by atoms with Gasteiger partial charge >= 0.3 is 6.01 Å². The van der Waals surface area contributed by atoms with Gasteiger partial charge in [0.2, 0.25) is 0 Å². The predicted molar refractivity (Wildman–Crippen MR) is 195 cm³/mol. The van der Waals surface area contributed by atoms with Gasteiger partial charge in [-0.3, -0.25) is 24.6 Å². The number of anilines is 1. The maximum atomic E-state index is 17.1. The van der Waals surface area contributed by atoms with Gasteiger partial charge in [-0.05, 0) is 55.8 Å². The first-order valence-electron chi connectivity index (χ1n) is 18.1. The van der Waals surface area contributed by atoms with E-state index in [1.807, 2.05) is 4.90 Å². The van der Waals surface area contributed by atoms with Crippen LogP contribution in [0.3, 0.4) is 0 Å². The molecule has 5 aromatic rings. The summed E-state index contributed by atoms with van der Waals surface area (Å²) in [6, 6.07) is 4.37. The normalized spacial score (nSPS) is 23.8. The van der Waals surface area contributed by atoms with Gasteiger partial charge in [0.1, 0.15) is 41.4 Å². The van der Waals surface area contributed by atoms with Crippen molar-refractivity contribution in [2.75, 3.05) is 37.7 Å². The highest BCUT2D eigenvalue weighted by Gasteiger charge is 2.50. The molecule has 4 aliphatic heterocycles. The fourth-order valence-electron chi connectivity index (χ4n) is 9.02.